The smallest absolute Gasteiger partial charge is 0.163 e. The predicted molar refractivity (Wildman–Crippen MR) is 80.1 cm³/mol. The molecule has 2 heteroatoms. The third kappa shape index (κ3) is 5.46. The van der Waals surface area contributed by atoms with Gasteiger partial charge >= 0.3 is 0 Å². The van der Waals surface area contributed by atoms with Gasteiger partial charge in [-0.25, -0.2) is 0 Å². The van der Waals surface area contributed by atoms with Crippen molar-refractivity contribution in [1.82, 2.24) is 0 Å². The summed E-state index contributed by atoms with van der Waals surface area (Å²) < 4.78 is 5.25. The van der Waals surface area contributed by atoms with Gasteiger partial charge in [-0.1, -0.05) is 51.2 Å². The molecule has 0 saturated carbocycles. The van der Waals surface area contributed by atoms with Crippen LogP contribution in [0, 0.1) is 6.92 Å². The van der Waals surface area contributed by atoms with Crippen molar-refractivity contribution in [3.8, 4) is 5.75 Å². The summed E-state index contributed by atoms with van der Waals surface area (Å²) in [6, 6.07) is 5.71. The van der Waals surface area contributed by atoms with Gasteiger partial charge in [0.2, 0.25) is 0 Å². The van der Waals surface area contributed by atoms with E-state index < -0.39 is 0 Å². The Labute approximate surface area is 117 Å². The van der Waals surface area contributed by atoms with E-state index >= 15 is 0 Å². The summed E-state index contributed by atoms with van der Waals surface area (Å²) in [6.07, 6.45) is 7.93. The van der Waals surface area contributed by atoms with Crippen LogP contribution in [0.4, 0.5) is 0 Å². The van der Waals surface area contributed by atoms with Crippen molar-refractivity contribution in [2.45, 2.75) is 58.8 Å². The molecule has 2 nitrogen and oxygen atoms in total. The number of hydrogen-bond donors (Lipinski definition) is 0. The fourth-order valence-electron chi connectivity index (χ4n) is 2.20. The summed E-state index contributed by atoms with van der Waals surface area (Å²) in [6.45, 7) is 4.20. The minimum absolute atomic E-state index is 0.230. The van der Waals surface area contributed by atoms with Crippen molar-refractivity contribution >= 4 is 5.78 Å². The number of benzene rings is 1. The zero-order valence-corrected chi connectivity index (χ0v) is 12.5. The zero-order chi connectivity index (χ0) is 14.1. The Hall–Kier alpha value is -1.31. The monoisotopic (exact) mass is 262 g/mol. The summed E-state index contributed by atoms with van der Waals surface area (Å²) >= 11 is 0. The first kappa shape index (κ1) is 15.7. The second-order valence-electron chi connectivity index (χ2n) is 5.13. The van der Waals surface area contributed by atoms with Crippen LogP contribution in [0.5, 0.6) is 5.75 Å². The van der Waals surface area contributed by atoms with Crippen molar-refractivity contribution in [3.63, 3.8) is 0 Å². The van der Waals surface area contributed by atoms with Crippen molar-refractivity contribution < 1.29 is 9.53 Å². The molecular weight excluding hydrogens is 236 g/mol. The molecule has 0 aliphatic heterocycles. The summed E-state index contributed by atoms with van der Waals surface area (Å²) in [5.41, 5.74) is 1.84. The highest BCUT2D eigenvalue weighted by Gasteiger charge is 2.08. The first-order valence-corrected chi connectivity index (χ1v) is 7.37. The Morgan fingerprint density at radius 3 is 2.47 bits per heavy atom. The fourth-order valence-corrected chi connectivity index (χ4v) is 2.20. The minimum atomic E-state index is 0.230. The van der Waals surface area contributed by atoms with Crippen molar-refractivity contribution in [2.75, 3.05) is 7.11 Å². The van der Waals surface area contributed by atoms with Crippen LogP contribution in [0.25, 0.3) is 0 Å². The summed E-state index contributed by atoms with van der Waals surface area (Å²) in [5.74, 6) is 1.03. The van der Waals surface area contributed by atoms with Crippen LogP contribution in [0.3, 0.4) is 0 Å². The van der Waals surface area contributed by atoms with Gasteiger partial charge in [0.25, 0.3) is 0 Å². The first-order valence-electron chi connectivity index (χ1n) is 7.37. The number of carbonyl (C=O) groups excluding carboxylic acids is 1. The van der Waals surface area contributed by atoms with Gasteiger partial charge in [-0.2, -0.15) is 0 Å². The lowest BCUT2D eigenvalue weighted by Crippen LogP contribution is -2.00. The molecule has 1 rings (SSSR count). The molecule has 0 radical (unpaired) electrons. The Balaban J connectivity index is 2.37. The van der Waals surface area contributed by atoms with Crippen molar-refractivity contribution in [1.29, 1.82) is 0 Å². The molecule has 1 aromatic rings. The molecule has 0 spiro atoms. The summed E-state index contributed by atoms with van der Waals surface area (Å²) in [5, 5.41) is 0. The maximum absolute atomic E-state index is 12.1. The molecule has 0 unspecified atom stereocenters. The molecule has 0 N–H and O–H groups in total. The van der Waals surface area contributed by atoms with Crippen LogP contribution in [-0.2, 0) is 0 Å². The predicted octanol–water partition coefficient (Wildman–Crippen LogP) is 4.94. The second kappa shape index (κ2) is 8.73. The highest BCUT2D eigenvalue weighted by atomic mass is 16.5. The molecule has 0 aliphatic carbocycles. The van der Waals surface area contributed by atoms with Crippen LogP contribution in [0.15, 0.2) is 18.2 Å². The third-order valence-corrected chi connectivity index (χ3v) is 3.49. The quantitative estimate of drug-likeness (QED) is 0.465. The molecule has 0 aliphatic rings. The van der Waals surface area contributed by atoms with Crippen molar-refractivity contribution in [3.05, 3.63) is 29.3 Å². The van der Waals surface area contributed by atoms with E-state index in [0.29, 0.717) is 6.42 Å². The summed E-state index contributed by atoms with van der Waals surface area (Å²) in [7, 11) is 1.64. The van der Waals surface area contributed by atoms with E-state index in [1.165, 1.54) is 25.7 Å². The molecule has 0 fully saturated rings. The van der Waals surface area contributed by atoms with E-state index in [2.05, 4.69) is 6.92 Å². The zero-order valence-electron chi connectivity index (χ0n) is 12.5. The highest BCUT2D eigenvalue weighted by molar-refractivity contribution is 5.96. The average molecular weight is 262 g/mol. The molecular formula is C17H26O2. The number of ketones is 1. The van der Waals surface area contributed by atoms with E-state index in [0.717, 1.165) is 29.7 Å². The topological polar surface area (TPSA) is 26.3 Å². The van der Waals surface area contributed by atoms with Gasteiger partial charge in [0.05, 0.1) is 7.11 Å². The molecule has 0 aromatic heterocycles. The van der Waals surface area contributed by atoms with Gasteiger partial charge < -0.3 is 4.74 Å². The van der Waals surface area contributed by atoms with Gasteiger partial charge in [-0.3, -0.25) is 4.79 Å². The fraction of sp³-hybridized carbons (Fsp3) is 0.588. The number of unbranched alkanes of at least 4 members (excludes halogenated alkanes) is 5. The van der Waals surface area contributed by atoms with E-state index in [-0.39, 0.29) is 5.78 Å². The van der Waals surface area contributed by atoms with Crippen LogP contribution in [0.1, 0.15) is 67.8 Å². The number of rotatable bonds is 9. The number of Topliss-reactive ketones (excluding diaryl/α,β-unsaturated/α-hetero) is 1. The molecule has 106 valence electrons. The Kier molecular flexibility index (Phi) is 7.24. The van der Waals surface area contributed by atoms with Gasteiger partial charge in [0.15, 0.2) is 5.78 Å². The lowest BCUT2D eigenvalue weighted by Gasteiger charge is -2.07. The molecule has 0 saturated heterocycles. The number of methoxy groups -OCH3 is 1. The van der Waals surface area contributed by atoms with Crippen LogP contribution >= 0.6 is 0 Å². The molecule has 0 atom stereocenters. The third-order valence-electron chi connectivity index (χ3n) is 3.49. The highest BCUT2D eigenvalue weighted by Crippen LogP contribution is 2.20. The Morgan fingerprint density at radius 2 is 1.79 bits per heavy atom. The average Bonchev–Trinajstić information content (AvgIpc) is 2.43. The number of ether oxygens (including phenoxy) is 1. The van der Waals surface area contributed by atoms with Gasteiger partial charge in [-0.15, -0.1) is 0 Å². The molecule has 0 amide bonds. The van der Waals surface area contributed by atoms with E-state index in [4.69, 9.17) is 4.74 Å². The lowest BCUT2D eigenvalue weighted by atomic mass is 10.0. The largest absolute Gasteiger partial charge is 0.496 e. The second-order valence-corrected chi connectivity index (χ2v) is 5.13. The molecule has 0 heterocycles. The van der Waals surface area contributed by atoms with Gasteiger partial charge in [0, 0.05) is 12.0 Å². The maximum atomic E-state index is 12.1. The lowest BCUT2D eigenvalue weighted by molar-refractivity contribution is 0.0978. The Bertz CT molecular complexity index is 396. The van der Waals surface area contributed by atoms with Gasteiger partial charge in [0.1, 0.15) is 5.75 Å². The molecule has 0 bridgehead atoms. The maximum Gasteiger partial charge on any atom is 0.163 e. The van der Waals surface area contributed by atoms with E-state index in [1.54, 1.807) is 7.11 Å². The molecule has 1 aromatic carbocycles. The van der Waals surface area contributed by atoms with E-state index in [1.807, 2.05) is 25.1 Å². The number of hydrogen-bond acceptors (Lipinski definition) is 2. The van der Waals surface area contributed by atoms with Crippen LogP contribution in [0.2, 0.25) is 0 Å². The summed E-state index contributed by atoms with van der Waals surface area (Å²) in [4.78, 5) is 12.1. The van der Waals surface area contributed by atoms with Gasteiger partial charge in [-0.05, 0) is 25.0 Å². The van der Waals surface area contributed by atoms with Crippen LogP contribution in [-0.4, -0.2) is 12.9 Å². The Morgan fingerprint density at radius 1 is 1.11 bits per heavy atom. The van der Waals surface area contributed by atoms with Crippen LogP contribution < -0.4 is 4.74 Å². The van der Waals surface area contributed by atoms with Crippen molar-refractivity contribution in [2.24, 2.45) is 0 Å². The first-order chi connectivity index (χ1) is 9.19. The number of carbonyl (C=O) groups is 1. The molecule has 19 heavy (non-hydrogen) atoms. The number of aryl methyl sites for hydroxylation is 1. The minimum Gasteiger partial charge on any atom is -0.496 e. The standard InChI is InChI=1S/C17H26O2/c1-4-5-6-7-8-9-10-16(18)15-12-11-14(2)17(13-15)19-3/h11-13H,4-10H2,1-3H3. The SMILES string of the molecule is CCCCCCCCC(=O)c1ccc(C)c(OC)c1. The van der Waals surface area contributed by atoms with E-state index in [9.17, 15) is 4.79 Å². The normalized spacial score (nSPS) is 10.5.